The summed E-state index contributed by atoms with van der Waals surface area (Å²) in [4.78, 5) is 46.0. The molecule has 0 aliphatic carbocycles. The number of carboxylic acids is 1. The number of carbonyl (C=O) groups is 3. The number of esters is 1. The van der Waals surface area contributed by atoms with Gasteiger partial charge >= 0.3 is 19.8 Å². The number of hydrogen-bond acceptors (Lipinski definition) is 8. The monoisotopic (exact) mass is 964 g/mol. The molecule has 68 heavy (non-hydrogen) atoms. The first-order valence-electron chi connectivity index (χ1n) is 24.9. The van der Waals surface area contributed by atoms with Crippen molar-refractivity contribution in [3.8, 4) is 0 Å². The Bertz CT molecular complexity index is 1700. The zero-order chi connectivity index (χ0) is 49.9. The van der Waals surface area contributed by atoms with Gasteiger partial charge in [0.05, 0.1) is 13.2 Å². The fourth-order valence-electron chi connectivity index (χ4n) is 5.89. The van der Waals surface area contributed by atoms with Gasteiger partial charge in [0.1, 0.15) is 12.7 Å². The molecule has 1 amide bonds. The third-order valence-electron chi connectivity index (χ3n) is 9.65. The molecule has 3 atom stereocenters. The number of allylic oxidation sites excluding steroid dienone is 23. The highest BCUT2D eigenvalue weighted by Crippen LogP contribution is 2.43. The van der Waals surface area contributed by atoms with Gasteiger partial charge in [-0.2, -0.15) is 0 Å². The molecule has 0 aliphatic rings. The van der Waals surface area contributed by atoms with E-state index in [9.17, 15) is 34.1 Å². The quantitative estimate of drug-likeness (QED) is 0.0200. The van der Waals surface area contributed by atoms with Gasteiger partial charge in [-0.1, -0.05) is 192 Å². The smallest absolute Gasteiger partial charge is 0.472 e. The van der Waals surface area contributed by atoms with E-state index in [1.165, 1.54) is 6.42 Å². The molecule has 0 bridgehead atoms. The molecule has 0 aromatic heterocycles. The summed E-state index contributed by atoms with van der Waals surface area (Å²) in [6, 6.07) is -1.62. The number of aliphatic carboxylic acids is 1. The Morgan fingerprint density at radius 2 is 0.838 bits per heavy atom. The van der Waals surface area contributed by atoms with Crippen LogP contribution in [0.25, 0.3) is 0 Å². The van der Waals surface area contributed by atoms with Crippen LogP contribution < -0.4 is 5.32 Å². The molecule has 0 radical (unpaired) electrons. The van der Waals surface area contributed by atoms with Crippen LogP contribution in [0.2, 0.25) is 0 Å². The van der Waals surface area contributed by atoms with Crippen molar-refractivity contribution in [3.63, 3.8) is 0 Å². The van der Waals surface area contributed by atoms with Crippen molar-refractivity contribution in [2.24, 2.45) is 0 Å². The van der Waals surface area contributed by atoms with Crippen LogP contribution in [0.5, 0.6) is 0 Å². The summed E-state index contributed by atoms with van der Waals surface area (Å²) in [5.41, 5.74) is 0. The van der Waals surface area contributed by atoms with Gasteiger partial charge in [-0.25, -0.2) is 9.36 Å². The van der Waals surface area contributed by atoms with Gasteiger partial charge in [-0.05, 0) is 96.3 Å². The van der Waals surface area contributed by atoms with E-state index in [4.69, 9.17) is 13.8 Å². The summed E-state index contributed by atoms with van der Waals surface area (Å²) in [7, 11) is -4.80. The standard InChI is InChI=1S/C56H86NO10P/c1-3-5-7-9-11-13-15-17-19-21-23-25-26-28-30-32-34-36-38-40-42-44-46-48-55(60)65-49-52(58)50-66-68(63,64)67-51-53(56(61)62)57-54(59)47-45-43-41-39-37-35-33-31-29-27-24-22-20-18-16-14-12-10-8-6-4-2/h5-8,11-14,17-20,23-25,27-28,30-31,33,37,39,43,45,52-53,58H,3-4,9-10,15-16,21-22,26,29,32,34-36,38,40-42,44,46-51H2,1-2H3,(H,57,59)(H,61,62)(H,63,64)/b7-5-,8-6-,13-11-,14-12-,19-17-,20-18-,25-23-,27-24-,30-28-,33-31-,39-37-,45-43-. The molecule has 3 unspecified atom stereocenters. The maximum absolute atomic E-state index is 12.3. The summed E-state index contributed by atoms with van der Waals surface area (Å²) >= 11 is 0. The SMILES string of the molecule is CC/C=C\C/C=C\C/C=C\C/C=C\C/C=C\C/C=C\C/C=C\CC(=O)NC(COP(=O)(O)OCC(O)COC(=O)CCCCCCCCC/C=C\C/C=C\C/C=C\C/C=C\C/C=C\CC)C(=O)O. The van der Waals surface area contributed by atoms with Gasteiger partial charge in [0.2, 0.25) is 5.91 Å². The Hall–Kier alpha value is -4.64. The Morgan fingerprint density at radius 1 is 0.485 bits per heavy atom. The lowest BCUT2D eigenvalue weighted by atomic mass is 10.1. The lowest BCUT2D eigenvalue weighted by Crippen LogP contribution is -2.43. The first-order chi connectivity index (χ1) is 33.1. The van der Waals surface area contributed by atoms with E-state index < -0.39 is 57.6 Å². The molecular weight excluding hydrogens is 878 g/mol. The third-order valence-corrected chi connectivity index (χ3v) is 10.6. The summed E-state index contributed by atoms with van der Waals surface area (Å²) < 4.78 is 26.9. The van der Waals surface area contributed by atoms with Gasteiger partial charge < -0.3 is 25.2 Å². The first kappa shape index (κ1) is 63.4. The fourth-order valence-corrected chi connectivity index (χ4v) is 6.66. The van der Waals surface area contributed by atoms with E-state index in [1.54, 1.807) is 12.2 Å². The van der Waals surface area contributed by atoms with Crippen molar-refractivity contribution in [3.05, 3.63) is 146 Å². The largest absolute Gasteiger partial charge is 0.480 e. The van der Waals surface area contributed by atoms with Crippen molar-refractivity contribution in [2.45, 2.75) is 167 Å². The highest BCUT2D eigenvalue weighted by Gasteiger charge is 2.28. The molecule has 11 nitrogen and oxygen atoms in total. The van der Waals surface area contributed by atoms with Crippen LogP contribution in [-0.2, 0) is 32.7 Å². The molecule has 0 fully saturated rings. The fraction of sp³-hybridized carbons (Fsp3) is 0.518. The van der Waals surface area contributed by atoms with E-state index in [0.717, 1.165) is 109 Å². The highest BCUT2D eigenvalue weighted by atomic mass is 31.2. The molecule has 0 aromatic rings. The minimum atomic E-state index is -4.80. The average molecular weight is 964 g/mol. The van der Waals surface area contributed by atoms with E-state index in [0.29, 0.717) is 12.8 Å². The zero-order valence-electron chi connectivity index (χ0n) is 41.3. The summed E-state index contributed by atoms with van der Waals surface area (Å²) in [6.07, 6.45) is 69.0. The van der Waals surface area contributed by atoms with Gasteiger partial charge in [0.15, 0.2) is 6.04 Å². The molecule has 0 heterocycles. The first-order valence-corrected chi connectivity index (χ1v) is 26.4. The molecule has 0 saturated heterocycles. The number of carbonyl (C=O) groups excluding carboxylic acids is 2. The van der Waals surface area contributed by atoms with E-state index >= 15 is 0 Å². The second-order valence-electron chi connectivity index (χ2n) is 15.9. The van der Waals surface area contributed by atoms with Crippen LogP contribution in [0, 0.1) is 0 Å². The van der Waals surface area contributed by atoms with Crippen molar-refractivity contribution in [2.75, 3.05) is 19.8 Å². The summed E-state index contributed by atoms with van der Waals surface area (Å²) in [5.74, 6) is -2.58. The lowest BCUT2D eigenvalue weighted by Gasteiger charge is -2.18. The number of amides is 1. The van der Waals surface area contributed by atoms with E-state index in [1.807, 2.05) is 12.2 Å². The second-order valence-corrected chi connectivity index (χ2v) is 17.4. The number of unbranched alkanes of at least 4 members (excludes halogenated alkanes) is 7. The Morgan fingerprint density at radius 3 is 1.25 bits per heavy atom. The van der Waals surface area contributed by atoms with Gasteiger partial charge in [-0.3, -0.25) is 18.6 Å². The Balaban J connectivity index is 4.01. The third kappa shape index (κ3) is 47.8. The number of phosphoric ester groups is 1. The zero-order valence-corrected chi connectivity index (χ0v) is 42.2. The highest BCUT2D eigenvalue weighted by molar-refractivity contribution is 7.47. The molecule has 4 N–H and O–H groups in total. The number of carboxylic acid groups (broad SMARTS) is 1. The number of nitrogens with one attached hydrogen (secondary N) is 1. The molecule has 12 heteroatoms. The molecule has 0 spiro atoms. The predicted octanol–water partition coefficient (Wildman–Crippen LogP) is 13.9. The Labute approximate surface area is 410 Å². The van der Waals surface area contributed by atoms with Crippen LogP contribution in [-0.4, -0.2) is 64.9 Å². The topological polar surface area (TPSA) is 169 Å². The molecule has 0 rings (SSSR count). The number of aliphatic hydroxyl groups excluding tert-OH is 1. The van der Waals surface area contributed by atoms with Crippen LogP contribution in [0.1, 0.15) is 155 Å². The maximum Gasteiger partial charge on any atom is 0.472 e. The Kier molecular flexibility index (Phi) is 45.5. The van der Waals surface area contributed by atoms with Gasteiger partial charge in [0, 0.05) is 12.8 Å². The van der Waals surface area contributed by atoms with Gasteiger partial charge in [-0.15, -0.1) is 0 Å². The lowest BCUT2D eigenvalue weighted by molar-refractivity contribution is -0.147. The van der Waals surface area contributed by atoms with Crippen LogP contribution >= 0.6 is 7.82 Å². The van der Waals surface area contributed by atoms with E-state index in [-0.39, 0.29) is 12.8 Å². The number of rotatable bonds is 44. The molecular formula is C56H86NO10P. The average Bonchev–Trinajstić information content (AvgIpc) is 3.32. The van der Waals surface area contributed by atoms with Crippen molar-refractivity contribution < 1.29 is 47.8 Å². The van der Waals surface area contributed by atoms with Crippen LogP contribution in [0.15, 0.2) is 146 Å². The predicted molar refractivity (Wildman–Crippen MR) is 281 cm³/mol. The van der Waals surface area contributed by atoms with Crippen molar-refractivity contribution in [1.82, 2.24) is 5.32 Å². The minimum Gasteiger partial charge on any atom is -0.480 e. The molecule has 0 aliphatic heterocycles. The normalized spacial score (nSPS) is 14.8. The van der Waals surface area contributed by atoms with Crippen LogP contribution in [0.3, 0.4) is 0 Å². The number of aliphatic hydroxyl groups is 1. The van der Waals surface area contributed by atoms with Crippen LogP contribution in [0.4, 0.5) is 0 Å². The minimum absolute atomic E-state index is 0.0991. The van der Waals surface area contributed by atoms with E-state index in [2.05, 4.69) is 141 Å². The summed E-state index contributed by atoms with van der Waals surface area (Å²) in [6.45, 7) is 2.27. The number of phosphoric acid groups is 1. The number of ether oxygens (including phenoxy) is 1. The van der Waals surface area contributed by atoms with Gasteiger partial charge in [0.25, 0.3) is 0 Å². The van der Waals surface area contributed by atoms with Crippen molar-refractivity contribution in [1.29, 1.82) is 0 Å². The molecule has 0 aromatic carbocycles. The number of hydrogen-bond donors (Lipinski definition) is 4. The molecule has 0 saturated carbocycles. The summed E-state index contributed by atoms with van der Waals surface area (Å²) in [5, 5.41) is 21.8. The maximum atomic E-state index is 12.3. The second kappa shape index (κ2) is 48.8. The molecule has 380 valence electrons. The van der Waals surface area contributed by atoms with Crippen molar-refractivity contribution >= 4 is 25.7 Å².